The van der Waals surface area contributed by atoms with Gasteiger partial charge in [0.15, 0.2) is 0 Å². The second kappa shape index (κ2) is 9.92. The second-order valence-electron chi connectivity index (χ2n) is 8.58. The molecule has 0 heteroatoms. The summed E-state index contributed by atoms with van der Waals surface area (Å²) in [4.78, 5) is 0. The van der Waals surface area contributed by atoms with Gasteiger partial charge in [-0.05, 0) is 50.7 Å². The van der Waals surface area contributed by atoms with Crippen LogP contribution >= 0.6 is 0 Å². The maximum absolute atomic E-state index is 2.41. The van der Waals surface area contributed by atoms with Crippen molar-refractivity contribution in [3.05, 3.63) is 72.3 Å². The van der Waals surface area contributed by atoms with E-state index in [0.29, 0.717) is 0 Å². The second-order valence-corrected chi connectivity index (χ2v) is 8.58. The van der Waals surface area contributed by atoms with Crippen molar-refractivity contribution >= 4 is 32.3 Å². The lowest BCUT2D eigenvalue weighted by Crippen LogP contribution is -1.88. The molecule has 4 aromatic carbocycles. The Hall–Kier alpha value is -2.34. The first kappa shape index (κ1) is 20.0. The number of unbranched alkanes of at least 4 members (excludes halogenated alkanes) is 8. The van der Waals surface area contributed by atoms with E-state index in [2.05, 4.69) is 73.7 Å². The van der Waals surface area contributed by atoms with E-state index < -0.39 is 0 Å². The Morgan fingerprint density at radius 2 is 1.07 bits per heavy atom. The number of hydrogen-bond acceptors (Lipinski definition) is 0. The highest BCUT2D eigenvalue weighted by Crippen LogP contribution is 2.31. The minimum Gasteiger partial charge on any atom is -0.0654 e. The molecule has 0 aliphatic heterocycles. The highest BCUT2D eigenvalue weighted by Gasteiger charge is 2.05. The van der Waals surface area contributed by atoms with Crippen LogP contribution in [0.2, 0.25) is 0 Å². The summed E-state index contributed by atoms with van der Waals surface area (Å²) in [5, 5.41) is 8.16. The van der Waals surface area contributed by atoms with Gasteiger partial charge >= 0.3 is 0 Å². The van der Waals surface area contributed by atoms with Gasteiger partial charge < -0.3 is 0 Å². The number of rotatable bonds is 10. The lowest BCUT2D eigenvalue weighted by atomic mass is 9.95. The SMILES string of the molecule is CCCCCCCCCCCc1ccc2c(ccc3c4ccccc4ccc23)c1. The van der Waals surface area contributed by atoms with Crippen LogP contribution in [0.15, 0.2) is 66.7 Å². The summed E-state index contributed by atoms with van der Waals surface area (Å²) in [7, 11) is 0. The summed E-state index contributed by atoms with van der Waals surface area (Å²) >= 11 is 0. The summed E-state index contributed by atoms with van der Waals surface area (Å²) < 4.78 is 0. The van der Waals surface area contributed by atoms with E-state index in [9.17, 15) is 0 Å². The van der Waals surface area contributed by atoms with Crippen LogP contribution in [0.3, 0.4) is 0 Å². The van der Waals surface area contributed by atoms with Crippen molar-refractivity contribution in [2.75, 3.05) is 0 Å². The summed E-state index contributed by atoms with van der Waals surface area (Å²) in [6.45, 7) is 2.29. The summed E-state index contributed by atoms with van der Waals surface area (Å²) in [6, 6.07) is 25.0. The number of fused-ring (bicyclic) bond motifs is 5. The smallest absolute Gasteiger partial charge is 0.00990 e. The standard InChI is InChI=1S/C29H34/c1-2-3-4-5-6-7-8-9-10-13-23-16-19-27-25(22-23)18-21-28-26-15-12-11-14-24(26)17-20-29(27)28/h11-12,14-22H,2-10,13H2,1H3. The zero-order chi connectivity index (χ0) is 19.9. The average molecular weight is 383 g/mol. The minimum atomic E-state index is 1.21. The normalized spacial score (nSPS) is 11.6. The number of benzene rings is 4. The molecule has 29 heavy (non-hydrogen) atoms. The molecule has 0 aliphatic rings. The summed E-state index contributed by atoms with van der Waals surface area (Å²) in [6.07, 6.45) is 13.8. The molecule has 0 atom stereocenters. The predicted octanol–water partition coefficient (Wildman–Crippen LogP) is 9.22. The molecule has 0 amide bonds. The molecule has 0 heterocycles. The molecular formula is C29H34. The third kappa shape index (κ3) is 4.81. The van der Waals surface area contributed by atoms with Crippen molar-refractivity contribution in [2.45, 2.75) is 71.1 Å². The third-order valence-corrected chi connectivity index (χ3v) is 6.38. The fourth-order valence-electron chi connectivity index (χ4n) is 4.67. The van der Waals surface area contributed by atoms with E-state index in [-0.39, 0.29) is 0 Å². The van der Waals surface area contributed by atoms with Crippen LogP contribution in [-0.4, -0.2) is 0 Å². The summed E-state index contributed by atoms with van der Waals surface area (Å²) in [5.41, 5.74) is 1.49. The van der Waals surface area contributed by atoms with Crippen LogP contribution in [0.4, 0.5) is 0 Å². The van der Waals surface area contributed by atoms with Crippen molar-refractivity contribution in [3.63, 3.8) is 0 Å². The Labute approximate surface area is 175 Å². The maximum atomic E-state index is 2.41. The lowest BCUT2D eigenvalue weighted by Gasteiger charge is -2.09. The van der Waals surface area contributed by atoms with Gasteiger partial charge in [-0.2, -0.15) is 0 Å². The van der Waals surface area contributed by atoms with Gasteiger partial charge in [0.2, 0.25) is 0 Å². The van der Waals surface area contributed by atoms with Gasteiger partial charge in [0.1, 0.15) is 0 Å². The van der Waals surface area contributed by atoms with Crippen LogP contribution in [0, 0.1) is 0 Å². The van der Waals surface area contributed by atoms with E-state index in [1.807, 2.05) is 0 Å². The molecule has 0 aromatic heterocycles. The quantitative estimate of drug-likeness (QED) is 0.189. The van der Waals surface area contributed by atoms with Gasteiger partial charge in [-0.15, -0.1) is 0 Å². The molecule has 0 fully saturated rings. The van der Waals surface area contributed by atoms with Gasteiger partial charge in [-0.1, -0.05) is 125 Å². The molecule has 0 aliphatic carbocycles. The highest BCUT2D eigenvalue weighted by molar-refractivity contribution is 6.17. The van der Waals surface area contributed by atoms with Crippen LogP contribution in [0.25, 0.3) is 32.3 Å². The number of aryl methyl sites for hydroxylation is 1. The van der Waals surface area contributed by atoms with Crippen LogP contribution in [0.1, 0.15) is 70.3 Å². The number of hydrogen-bond donors (Lipinski definition) is 0. The van der Waals surface area contributed by atoms with E-state index in [4.69, 9.17) is 0 Å². The molecule has 0 radical (unpaired) electrons. The van der Waals surface area contributed by atoms with E-state index in [0.717, 1.165) is 0 Å². The molecule has 4 aromatic rings. The topological polar surface area (TPSA) is 0 Å². The zero-order valence-corrected chi connectivity index (χ0v) is 17.9. The third-order valence-electron chi connectivity index (χ3n) is 6.38. The highest BCUT2D eigenvalue weighted by atomic mass is 14.1. The average Bonchev–Trinajstić information content (AvgIpc) is 2.77. The molecule has 150 valence electrons. The Morgan fingerprint density at radius 3 is 1.83 bits per heavy atom. The van der Waals surface area contributed by atoms with Crippen molar-refractivity contribution in [2.24, 2.45) is 0 Å². The van der Waals surface area contributed by atoms with Gasteiger partial charge in [-0.3, -0.25) is 0 Å². The Bertz CT molecular complexity index is 1070. The molecule has 0 nitrogen and oxygen atoms in total. The summed E-state index contributed by atoms with van der Waals surface area (Å²) in [5.74, 6) is 0. The van der Waals surface area contributed by atoms with Crippen molar-refractivity contribution in [1.82, 2.24) is 0 Å². The first-order valence-electron chi connectivity index (χ1n) is 11.7. The van der Waals surface area contributed by atoms with E-state index in [1.165, 1.54) is 102 Å². The van der Waals surface area contributed by atoms with Gasteiger partial charge in [-0.25, -0.2) is 0 Å². The fourth-order valence-corrected chi connectivity index (χ4v) is 4.67. The minimum absolute atomic E-state index is 1.21. The van der Waals surface area contributed by atoms with Crippen molar-refractivity contribution < 1.29 is 0 Å². The Balaban J connectivity index is 1.38. The molecule has 4 rings (SSSR count). The van der Waals surface area contributed by atoms with Gasteiger partial charge in [0, 0.05) is 0 Å². The molecule has 0 spiro atoms. The largest absolute Gasteiger partial charge is 0.0654 e. The first-order chi connectivity index (χ1) is 14.4. The Kier molecular flexibility index (Phi) is 6.83. The van der Waals surface area contributed by atoms with Crippen LogP contribution in [0.5, 0.6) is 0 Å². The van der Waals surface area contributed by atoms with E-state index in [1.54, 1.807) is 0 Å². The molecule has 0 N–H and O–H groups in total. The monoisotopic (exact) mass is 382 g/mol. The van der Waals surface area contributed by atoms with Crippen LogP contribution < -0.4 is 0 Å². The molecule has 0 saturated heterocycles. The molecule has 0 bridgehead atoms. The lowest BCUT2D eigenvalue weighted by molar-refractivity contribution is 0.565. The molecular weight excluding hydrogens is 348 g/mol. The first-order valence-corrected chi connectivity index (χ1v) is 11.7. The Morgan fingerprint density at radius 1 is 0.483 bits per heavy atom. The van der Waals surface area contributed by atoms with Gasteiger partial charge in [0.25, 0.3) is 0 Å². The maximum Gasteiger partial charge on any atom is -0.00990 e. The fraction of sp³-hybridized carbons (Fsp3) is 0.379. The van der Waals surface area contributed by atoms with Crippen LogP contribution in [-0.2, 0) is 6.42 Å². The molecule has 0 saturated carbocycles. The van der Waals surface area contributed by atoms with Gasteiger partial charge in [0.05, 0.1) is 0 Å². The van der Waals surface area contributed by atoms with Crippen molar-refractivity contribution in [1.29, 1.82) is 0 Å². The predicted molar refractivity (Wildman–Crippen MR) is 130 cm³/mol. The molecule has 0 unspecified atom stereocenters. The van der Waals surface area contributed by atoms with Crippen molar-refractivity contribution in [3.8, 4) is 0 Å². The van der Waals surface area contributed by atoms with E-state index >= 15 is 0 Å². The zero-order valence-electron chi connectivity index (χ0n) is 17.9.